The third-order valence-corrected chi connectivity index (χ3v) is 2.58. The van der Waals surface area contributed by atoms with E-state index in [-0.39, 0.29) is 0 Å². The second kappa shape index (κ2) is 11.6. The molecule has 0 amide bonds. The van der Waals surface area contributed by atoms with Crippen LogP contribution in [-0.2, 0) is 9.53 Å². The van der Waals surface area contributed by atoms with E-state index in [1.807, 2.05) is 6.08 Å². The van der Waals surface area contributed by atoms with Crippen LogP contribution in [0.15, 0.2) is 12.2 Å². The summed E-state index contributed by atoms with van der Waals surface area (Å²) in [5, 5.41) is 9.07. The lowest BCUT2D eigenvalue weighted by Crippen LogP contribution is -2.14. The lowest BCUT2D eigenvalue weighted by atomic mass is 10.1. The predicted octanol–water partition coefficient (Wildman–Crippen LogP) is 3.56. The molecule has 0 saturated carbocycles. The van der Waals surface area contributed by atoms with Gasteiger partial charge in [0.2, 0.25) is 6.29 Å². The van der Waals surface area contributed by atoms with Gasteiger partial charge in [-0.1, -0.05) is 52.0 Å². The maximum absolute atomic E-state index is 11.1. The number of esters is 1. The molecule has 100 valence electrons. The lowest BCUT2D eigenvalue weighted by Gasteiger charge is -2.06. The monoisotopic (exact) mass is 242 g/mol. The van der Waals surface area contributed by atoms with Gasteiger partial charge in [0.05, 0.1) is 0 Å². The van der Waals surface area contributed by atoms with E-state index < -0.39 is 12.3 Å². The summed E-state index contributed by atoms with van der Waals surface area (Å²) in [5.41, 5.74) is 0. The Balaban J connectivity index is 3.38. The van der Waals surface area contributed by atoms with E-state index in [0.717, 1.165) is 12.8 Å². The number of aliphatic hydroxyl groups excluding tert-OH is 1. The second-order valence-corrected chi connectivity index (χ2v) is 4.26. The lowest BCUT2D eigenvalue weighted by molar-refractivity contribution is -0.161. The molecule has 0 fully saturated rings. The molecule has 0 saturated heterocycles. The van der Waals surface area contributed by atoms with Crippen molar-refractivity contribution in [1.82, 2.24) is 0 Å². The highest BCUT2D eigenvalue weighted by atomic mass is 16.6. The minimum atomic E-state index is -0.971. The van der Waals surface area contributed by atoms with E-state index in [2.05, 4.69) is 11.7 Å². The van der Waals surface area contributed by atoms with Crippen LogP contribution in [-0.4, -0.2) is 17.4 Å². The van der Waals surface area contributed by atoms with Gasteiger partial charge >= 0.3 is 5.97 Å². The predicted molar refractivity (Wildman–Crippen MR) is 69.5 cm³/mol. The SMILES string of the molecule is CCCCCCCCC=CC(=O)OC(O)CC. The molecular formula is C14H26O3. The van der Waals surface area contributed by atoms with Crippen molar-refractivity contribution in [3.8, 4) is 0 Å². The minimum absolute atomic E-state index is 0.428. The van der Waals surface area contributed by atoms with Crippen LogP contribution in [0.1, 0.15) is 65.2 Å². The van der Waals surface area contributed by atoms with Crippen molar-refractivity contribution in [2.75, 3.05) is 0 Å². The minimum Gasteiger partial charge on any atom is -0.433 e. The molecule has 0 aromatic rings. The van der Waals surface area contributed by atoms with Crippen LogP contribution in [0.4, 0.5) is 0 Å². The van der Waals surface area contributed by atoms with E-state index in [1.165, 1.54) is 38.2 Å². The third kappa shape index (κ3) is 11.4. The zero-order valence-electron chi connectivity index (χ0n) is 11.2. The van der Waals surface area contributed by atoms with Crippen LogP contribution in [0.5, 0.6) is 0 Å². The molecule has 0 aliphatic rings. The number of hydrogen-bond donors (Lipinski definition) is 1. The van der Waals surface area contributed by atoms with E-state index in [4.69, 9.17) is 5.11 Å². The Morgan fingerprint density at radius 3 is 2.47 bits per heavy atom. The standard InChI is InChI=1S/C14H26O3/c1-3-5-6-7-8-9-10-11-12-14(16)17-13(15)4-2/h11-13,15H,3-10H2,1-2H3. The van der Waals surface area contributed by atoms with Gasteiger partial charge in [-0.2, -0.15) is 0 Å². The van der Waals surface area contributed by atoms with E-state index in [9.17, 15) is 4.79 Å². The molecule has 0 rings (SSSR count). The van der Waals surface area contributed by atoms with Gasteiger partial charge in [-0.3, -0.25) is 0 Å². The van der Waals surface area contributed by atoms with Crippen LogP contribution in [0.3, 0.4) is 0 Å². The molecule has 1 unspecified atom stereocenters. The number of rotatable bonds is 10. The largest absolute Gasteiger partial charge is 0.433 e. The van der Waals surface area contributed by atoms with Crippen LogP contribution in [0, 0.1) is 0 Å². The molecule has 0 bridgehead atoms. The van der Waals surface area contributed by atoms with Gasteiger partial charge in [-0.25, -0.2) is 4.79 Å². The highest BCUT2D eigenvalue weighted by Crippen LogP contribution is 2.07. The summed E-state index contributed by atoms with van der Waals surface area (Å²) >= 11 is 0. The first-order valence-electron chi connectivity index (χ1n) is 6.75. The average Bonchev–Trinajstić information content (AvgIpc) is 2.32. The van der Waals surface area contributed by atoms with Gasteiger partial charge in [0.1, 0.15) is 0 Å². The third-order valence-electron chi connectivity index (χ3n) is 2.58. The Labute approximate surface area is 105 Å². The number of carbonyl (C=O) groups excluding carboxylic acids is 1. The zero-order valence-corrected chi connectivity index (χ0v) is 11.2. The molecule has 0 aliphatic heterocycles. The van der Waals surface area contributed by atoms with Crippen molar-refractivity contribution in [1.29, 1.82) is 0 Å². The van der Waals surface area contributed by atoms with Crippen LogP contribution >= 0.6 is 0 Å². The summed E-state index contributed by atoms with van der Waals surface area (Å²) in [6.45, 7) is 3.97. The van der Waals surface area contributed by atoms with Crippen molar-refractivity contribution >= 4 is 5.97 Å². The van der Waals surface area contributed by atoms with Crippen LogP contribution in [0.25, 0.3) is 0 Å². The van der Waals surface area contributed by atoms with Gasteiger partial charge in [0, 0.05) is 12.5 Å². The summed E-state index contributed by atoms with van der Waals surface area (Å²) in [4.78, 5) is 11.1. The van der Waals surface area contributed by atoms with Gasteiger partial charge < -0.3 is 9.84 Å². The first-order valence-corrected chi connectivity index (χ1v) is 6.75. The number of ether oxygens (including phenoxy) is 1. The van der Waals surface area contributed by atoms with Crippen molar-refractivity contribution in [3.05, 3.63) is 12.2 Å². The van der Waals surface area contributed by atoms with Gasteiger partial charge in [-0.15, -0.1) is 0 Å². The zero-order chi connectivity index (χ0) is 12.9. The summed E-state index contributed by atoms with van der Waals surface area (Å²) in [7, 11) is 0. The van der Waals surface area contributed by atoms with Crippen LogP contribution < -0.4 is 0 Å². The smallest absolute Gasteiger partial charge is 0.332 e. The second-order valence-electron chi connectivity index (χ2n) is 4.26. The molecule has 3 heteroatoms. The summed E-state index contributed by atoms with van der Waals surface area (Å²) in [6, 6.07) is 0. The summed E-state index contributed by atoms with van der Waals surface area (Å²) < 4.78 is 4.69. The molecule has 1 atom stereocenters. The number of hydrogen-bond acceptors (Lipinski definition) is 3. The maximum atomic E-state index is 11.1. The summed E-state index contributed by atoms with van der Waals surface area (Å²) in [5.74, 6) is -0.453. The van der Waals surface area contributed by atoms with E-state index in [1.54, 1.807) is 6.92 Å². The molecule has 0 aromatic carbocycles. The summed E-state index contributed by atoms with van der Waals surface area (Å²) in [6.07, 6.45) is 11.1. The normalized spacial score (nSPS) is 12.9. The quantitative estimate of drug-likeness (QED) is 0.276. The highest BCUT2D eigenvalue weighted by Gasteiger charge is 2.04. The molecule has 17 heavy (non-hydrogen) atoms. The highest BCUT2D eigenvalue weighted by molar-refractivity contribution is 5.81. The maximum Gasteiger partial charge on any atom is 0.332 e. The fourth-order valence-electron chi connectivity index (χ4n) is 1.48. The fraction of sp³-hybridized carbons (Fsp3) is 0.786. The van der Waals surface area contributed by atoms with Gasteiger partial charge in [0.25, 0.3) is 0 Å². The number of unbranched alkanes of at least 4 members (excludes halogenated alkanes) is 6. The topological polar surface area (TPSA) is 46.5 Å². The number of carbonyl (C=O) groups is 1. The first kappa shape index (κ1) is 16.2. The van der Waals surface area contributed by atoms with Crippen molar-refractivity contribution in [3.63, 3.8) is 0 Å². The van der Waals surface area contributed by atoms with Crippen molar-refractivity contribution in [2.45, 2.75) is 71.5 Å². The molecule has 0 aliphatic carbocycles. The van der Waals surface area contributed by atoms with Crippen LogP contribution in [0.2, 0.25) is 0 Å². The Hall–Kier alpha value is -0.830. The Morgan fingerprint density at radius 1 is 1.18 bits per heavy atom. The average molecular weight is 242 g/mol. The number of allylic oxidation sites excluding steroid dienone is 1. The first-order chi connectivity index (χ1) is 8.20. The van der Waals surface area contributed by atoms with Gasteiger partial charge in [-0.05, 0) is 12.8 Å². The fourth-order valence-corrected chi connectivity index (χ4v) is 1.48. The molecule has 0 aromatic heterocycles. The van der Waals surface area contributed by atoms with E-state index in [0.29, 0.717) is 6.42 Å². The van der Waals surface area contributed by atoms with E-state index >= 15 is 0 Å². The molecule has 0 spiro atoms. The molecule has 0 radical (unpaired) electrons. The Kier molecular flexibility index (Phi) is 11.1. The molecule has 3 nitrogen and oxygen atoms in total. The Bertz CT molecular complexity index is 212. The molecule has 0 heterocycles. The molecule has 1 N–H and O–H groups in total. The van der Waals surface area contributed by atoms with Gasteiger partial charge in [0.15, 0.2) is 0 Å². The van der Waals surface area contributed by atoms with Crippen molar-refractivity contribution in [2.24, 2.45) is 0 Å². The molecular weight excluding hydrogens is 216 g/mol. The number of aliphatic hydroxyl groups is 1. The Morgan fingerprint density at radius 2 is 1.82 bits per heavy atom. The van der Waals surface area contributed by atoms with Crippen molar-refractivity contribution < 1.29 is 14.6 Å².